The highest BCUT2D eigenvalue weighted by Crippen LogP contribution is 2.30. The highest BCUT2D eigenvalue weighted by atomic mass is 79.9. The van der Waals surface area contributed by atoms with Gasteiger partial charge in [-0.15, -0.1) is 0 Å². The van der Waals surface area contributed by atoms with E-state index in [2.05, 4.69) is 15.9 Å². The van der Waals surface area contributed by atoms with Crippen molar-refractivity contribution in [2.24, 2.45) is 0 Å². The van der Waals surface area contributed by atoms with Crippen LogP contribution in [0.4, 0.5) is 0 Å². The maximum absolute atomic E-state index is 12.3. The molecule has 0 fully saturated rings. The molecule has 1 rings (SSSR count). The van der Waals surface area contributed by atoms with Gasteiger partial charge in [-0.05, 0) is 45.4 Å². The average Bonchev–Trinajstić information content (AvgIpc) is 2.35. The highest BCUT2D eigenvalue weighted by Gasteiger charge is 2.50. The van der Waals surface area contributed by atoms with Crippen LogP contribution >= 0.6 is 15.9 Å². The van der Waals surface area contributed by atoms with Gasteiger partial charge in [-0.2, -0.15) is 0 Å². The quantitative estimate of drug-likeness (QED) is 0.803. The van der Waals surface area contributed by atoms with Crippen molar-refractivity contribution >= 4 is 27.7 Å². The van der Waals surface area contributed by atoms with Crippen LogP contribution < -0.4 is 0 Å². The number of ether oxygens (including phenoxy) is 1. The minimum Gasteiger partial charge on any atom is -0.457 e. The molecule has 0 saturated carbocycles. The van der Waals surface area contributed by atoms with Crippen LogP contribution in [0.2, 0.25) is 0 Å². The molecule has 1 aromatic rings. The maximum Gasteiger partial charge on any atom is 0.346 e. The number of carbonyl (C=O) groups is 2. The Morgan fingerprint density at radius 3 is 2.05 bits per heavy atom. The minimum atomic E-state index is -2.44. The van der Waals surface area contributed by atoms with Gasteiger partial charge < -0.3 is 14.9 Å². The lowest BCUT2D eigenvalue weighted by atomic mass is 9.86. The molecule has 116 valence electrons. The molecular weight excluding hydrogens is 340 g/mol. The van der Waals surface area contributed by atoms with Gasteiger partial charge in [-0.1, -0.05) is 28.1 Å². The van der Waals surface area contributed by atoms with Gasteiger partial charge in [0.25, 0.3) is 0 Å². The number of rotatable bonds is 4. The summed E-state index contributed by atoms with van der Waals surface area (Å²) in [5.74, 6) is -1.80. The van der Waals surface area contributed by atoms with Crippen LogP contribution in [0, 0.1) is 0 Å². The van der Waals surface area contributed by atoms with Crippen molar-refractivity contribution in [1.29, 1.82) is 0 Å². The van der Waals surface area contributed by atoms with E-state index in [-0.39, 0.29) is 5.56 Å². The smallest absolute Gasteiger partial charge is 0.346 e. The Hall–Kier alpha value is -1.24. The summed E-state index contributed by atoms with van der Waals surface area (Å²) in [4.78, 5) is 23.8. The van der Waals surface area contributed by atoms with E-state index in [4.69, 9.17) is 4.74 Å². The van der Waals surface area contributed by atoms with Crippen LogP contribution in [0.3, 0.4) is 0 Å². The third-order valence-electron chi connectivity index (χ3n) is 2.78. The Labute approximate surface area is 132 Å². The molecule has 1 aromatic carbocycles. The Bertz CT molecular complexity index is 532. The van der Waals surface area contributed by atoms with E-state index in [0.29, 0.717) is 0 Å². The maximum atomic E-state index is 12.3. The van der Waals surface area contributed by atoms with Crippen LogP contribution in [-0.4, -0.2) is 33.7 Å². The first-order valence-corrected chi connectivity index (χ1v) is 7.18. The van der Waals surface area contributed by atoms with Crippen molar-refractivity contribution in [2.75, 3.05) is 0 Å². The molecule has 0 heterocycles. The molecule has 2 N–H and O–H groups in total. The van der Waals surface area contributed by atoms with Crippen molar-refractivity contribution < 1.29 is 24.5 Å². The number of carbonyl (C=O) groups excluding carboxylic acids is 2. The van der Waals surface area contributed by atoms with Crippen molar-refractivity contribution in [3.8, 4) is 0 Å². The predicted octanol–water partition coefficient (Wildman–Crippen LogP) is 1.93. The fraction of sp³-hybridized carbons (Fsp3) is 0.467. The van der Waals surface area contributed by atoms with Crippen molar-refractivity contribution in [3.63, 3.8) is 0 Å². The second kappa shape index (κ2) is 6.25. The zero-order chi connectivity index (χ0) is 16.4. The lowest BCUT2D eigenvalue weighted by Crippen LogP contribution is -2.52. The zero-order valence-electron chi connectivity index (χ0n) is 12.4. The fourth-order valence-electron chi connectivity index (χ4n) is 1.74. The summed E-state index contributed by atoms with van der Waals surface area (Å²) in [7, 11) is 0. The molecule has 21 heavy (non-hydrogen) atoms. The van der Waals surface area contributed by atoms with Crippen molar-refractivity contribution in [3.05, 3.63) is 34.3 Å². The van der Waals surface area contributed by atoms with Gasteiger partial charge in [0, 0.05) is 4.47 Å². The van der Waals surface area contributed by atoms with Gasteiger partial charge in [-0.25, -0.2) is 4.79 Å². The van der Waals surface area contributed by atoms with Crippen LogP contribution in [0.1, 0.15) is 33.3 Å². The van der Waals surface area contributed by atoms with E-state index in [0.717, 1.165) is 11.4 Å². The number of hydrogen-bond donors (Lipinski definition) is 2. The normalized spacial score (nSPS) is 16.0. The summed E-state index contributed by atoms with van der Waals surface area (Å²) >= 11 is 3.24. The first-order valence-electron chi connectivity index (χ1n) is 6.39. The third-order valence-corrected chi connectivity index (χ3v) is 3.30. The first-order chi connectivity index (χ1) is 9.48. The zero-order valence-corrected chi connectivity index (χ0v) is 14.0. The molecular formula is C15H19BrO5. The van der Waals surface area contributed by atoms with Gasteiger partial charge in [0.15, 0.2) is 11.9 Å². The lowest BCUT2D eigenvalue weighted by molar-refractivity contribution is -0.193. The van der Waals surface area contributed by atoms with Gasteiger partial charge in [0.05, 0.1) is 0 Å². The molecule has 0 aliphatic rings. The lowest BCUT2D eigenvalue weighted by Gasteiger charge is -2.33. The van der Waals surface area contributed by atoms with E-state index < -0.39 is 29.1 Å². The Morgan fingerprint density at radius 1 is 1.19 bits per heavy atom. The number of aliphatic hydroxyl groups is 2. The summed E-state index contributed by atoms with van der Waals surface area (Å²) < 4.78 is 5.88. The minimum absolute atomic E-state index is 0.0858. The fourth-order valence-corrected chi connectivity index (χ4v) is 2.01. The molecule has 0 aliphatic heterocycles. The van der Waals surface area contributed by atoms with E-state index in [1.807, 2.05) is 0 Å². The molecule has 0 spiro atoms. The Balaban J connectivity index is 3.33. The Kier molecular flexibility index (Phi) is 5.30. The molecule has 0 amide bonds. The standard InChI is InChI=1S/C15H19BrO5/c1-9(17)12(18)15(20,13(19)21-14(2,3)4)10-5-7-11(16)8-6-10/h5-8,12,18,20H,1-4H3/t12-,15+/m0/s1. The second-order valence-electron chi connectivity index (χ2n) is 5.79. The number of benzene rings is 1. The van der Waals surface area contributed by atoms with E-state index in [1.54, 1.807) is 32.9 Å². The molecule has 0 bridgehead atoms. The monoisotopic (exact) mass is 358 g/mol. The molecule has 0 aliphatic carbocycles. The van der Waals surface area contributed by atoms with Crippen molar-refractivity contribution in [2.45, 2.75) is 45.0 Å². The number of esters is 1. The molecule has 2 atom stereocenters. The van der Waals surface area contributed by atoms with E-state index >= 15 is 0 Å². The largest absolute Gasteiger partial charge is 0.457 e. The molecule has 0 saturated heterocycles. The summed E-state index contributed by atoms with van der Waals surface area (Å²) in [6.45, 7) is 5.99. The van der Waals surface area contributed by atoms with Gasteiger partial charge in [-0.3, -0.25) is 4.79 Å². The molecule has 5 nitrogen and oxygen atoms in total. The first kappa shape index (κ1) is 17.8. The number of Topliss-reactive ketones (excluding diaryl/α,β-unsaturated/α-hetero) is 1. The Morgan fingerprint density at radius 2 is 1.67 bits per heavy atom. The number of ketones is 1. The summed E-state index contributed by atoms with van der Waals surface area (Å²) in [5.41, 5.74) is -3.22. The van der Waals surface area contributed by atoms with Crippen LogP contribution in [-0.2, 0) is 19.9 Å². The number of aliphatic hydroxyl groups excluding tert-OH is 1. The van der Waals surface area contributed by atoms with E-state index in [1.165, 1.54) is 12.1 Å². The van der Waals surface area contributed by atoms with Crippen LogP contribution in [0.15, 0.2) is 28.7 Å². The SMILES string of the molecule is CC(=O)[C@H](O)[C@@](O)(C(=O)OC(C)(C)C)c1ccc(Br)cc1. The van der Waals surface area contributed by atoms with Crippen LogP contribution in [0.25, 0.3) is 0 Å². The highest BCUT2D eigenvalue weighted by molar-refractivity contribution is 9.10. The van der Waals surface area contributed by atoms with Gasteiger partial charge in [0.1, 0.15) is 5.60 Å². The second-order valence-corrected chi connectivity index (χ2v) is 6.70. The van der Waals surface area contributed by atoms with Gasteiger partial charge >= 0.3 is 5.97 Å². The average molecular weight is 359 g/mol. The van der Waals surface area contributed by atoms with E-state index in [9.17, 15) is 19.8 Å². The summed E-state index contributed by atoms with van der Waals surface area (Å²) in [5, 5.41) is 20.7. The topological polar surface area (TPSA) is 83.8 Å². The number of halogens is 1. The predicted molar refractivity (Wildman–Crippen MR) is 80.6 cm³/mol. The summed E-state index contributed by atoms with van der Waals surface area (Å²) in [6.07, 6.45) is -1.91. The van der Waals surface area contributed by atoms with Crippen molar-refractivity contribution in [1.82, 2.24) is 0 Å². The van der Waals surface area contributed by atoms with Gasteiger partial charge in [0.2, 0.25) is 5.60 Å². The molecule has 0 unspecified atom stereocenters. The number of hydrogen-bond acceptors (Lipinski definition) is 5. The third kappa shape index (κ3) is 4.12. The molecule has 6 heteroatoms. The van der Waals surface area contributed by atoms with Crippen LogP contribution in [0.5, 0.6) is 0 Å². The molecule has 0 aromatic heterocycles. The summed E-state index contributed by atoms with van der Waals surface area (Å²) in [6, 6.07) is 6.08. The molecule has 0 radical (unpaired) electrons.